The first-order chi connectivity index (χ1) is 13.1. The van der Waals surface area contributed by atoms with Gasteiger partial charge in [0.2, 0.25) is 0 Å². The van der Waals surface area contributed by atoms with E-state index in [9.17, 15) is 13.6 Å². The van der Waals surface area contributed by atoms with Crippen LogP contribution in [0.4, 0.5) is 20.2 Å². The van der Waals surface area contributed by atoms with Crippen LogP contribution in [0.15, 0.2) is 18.2 Å². The van der Waals surface area contributed by atoms with Crippen molar-refractivity contribution in [3.05, 3.63) is 52.1 Å². The smallest absolute Gasteiger partial charge is 0.330 e. The van der Waals surface area contributed by atoms with Gasteiger partial charge in [0, 0.05) is 18.2 Å². The second-order valence-electron chi connectivity index (χ2n) is 5.82. The molecule has 6 nitrogen and oxygen atoms in total. The summed E-state index contributed by atoms with van der Waals surface area (Å²) >= 11 is 5.48. The van der Waals surface area contributed by atoms with Gasteiger partial charge in [0.05, 0.1) is 35.1 Å². The van der Waals surface area contributed by atoms with Crippen LogP contribution < -0.4 is 11.5 Å². The molecule has 0 radical (unpaired) electrons. The molecule has 0 bridgehead atoms. The molecule has 2 aromatic heterocycles. The molecule has 4 N–H and O–H groups in total. The standard InChI is InChI=1S/C13H17FN2O2.C6H6ClFN2/c1-3-4-7-18-13(17)6-5-12-11(15)8-10(14)9(2)16-12;1-3-4(8)2-5(9)6(7)10-3/h5-6,8H,3-4,7,15H2,1-2H3;2H,9H2,1H3/b6-5+;. The van der Waals surface area contributed by atoms with Crippen LogP contribution in [-0.4, -0.2) is 22.5 Å². The fraction of sp³-hybridized carbons (Fsp3) is 0.316. The summed E-state index contributed by atoms with van der Waals surface area (Å²) in [5, 5.41) is 0.152. The molecule has 2 rings (SSSR count). The highest BCUT2D eigenvalue weighted by molar-refractivity contribution is 6.31. The van der Waals surface area contributed by atoms with Crippen LogP contribution in [-0.2, 0) is 9.53 Å². The number of ether oxygens (including phenoxy) is 1. The average molecular weight is 413 g/mol. The molecular formula is C19H23ClF2N4O2. The molecule has 0 fully saturated rings. The van der Waals surface area contributed by atoms with Crippen LogP contribution in [0, 0.1) is 25.5 Å². The molecule has 9 heteroatoms. The summed E-state index contributed by atoms with van der Waals surface area (Å²) in [7, 11) is 0. The Morgan fingerprint density at radius 1 is 1.14 bits per heavy atom. The maximum Gasteiger partial charge on any atom is 0.330 e. The number of carbonyl (C=O) groups excluding carboxylic acids is 1. The van der Waals surface area contributed by atoms with E-state index in [1.54, 1.807) is 0 Å². The molecule has 2 aromatic rings. The number of esters is 1. The summed E-state index contributed by atoms with van der Waals surface area (Å²) in [4.78, 5) is 18.9. The van der Waals surface area contributed by atoms with Crippen molar-refractivity contribution in [1.82, 2.24) is 9.97 Å². The zero-order valence-corrected chi connectivity index (χ0v) is 16.7. The van der Waals surface area contributed by atoms with Gasteiger partial charge in [0.1, 0.15) is 11.6 Å². The van der Waals surface area contributed by atoms with E-state index in [-0.39, 0.29) is 27.9 Å². The molecule has 0 aliphatic rings. The van der Waals surface area contributed by atoms with E-state index in [1.165, 1.54) is 32.1 Å². The highest BCUT2D eigenvalue weighted by atomic mass is 35.5. The third-order valence-electron chi connectivity index (χ3n) is 3.46. The molecule has 28 heavy (non-hydrogen) atoms. The molecule has 2 heterocycles. The van der Waals surface area contributed by atoms with Gasteiger partial charge in [-0.3, -0.25) is 0 Å². The summed E-state index contributed by atoms with van der Waals surface area (Å²) < 4.78 is 30.6. The Kier molecular flexibility index (Phi) is 9.31. The topological polar surface area (TPSA) is 104 Å². The van der Waals surface area contributed by atoms with Crippen molar-refractivity contribution < 1.29 is 18.3 Å². The molecule has 0 amide bonds. The van der Waals surface area contributed by atoms with E-state index in [1.807, 2.05) is 6.92 Å². The lowest BCUT2D eigenvalue weighted by Gasteiger charge is -2.03. The summed E-state index contributed by atoms with van der Waals surface area (Å²) in [5.41, 5.74) is 12.1. The van der Waals surface area contributed by atoms with Crippen molar-refractivity contribution in [2.45, 2.75) is 33.6 Å². The molecule has 0 aromatic carbocycles. The van der Waals surface area contributed by atoms with E-state index < -0.39 is 17.6 Å². The fourth-order valence-corrected chi connectivity index (χ4v) is 2.01. The number of nitrogens with two attached hydrogens (primary N) is 2. The van der Waals surface area contributed by atoms with Crippen LogP contribution in [0.25, 0.3) is 6.08 Å². The van der Waals surface area contributed by atoms with Gasteiger partial charge in [-0.25, -0.2) is 23.5 Å². The summed E-state index contributed by atoms with van der Waals surface area (Å²) in [5.74, 6) is -1.34. The monoisotopic (exact) mass is 412 g/mol. The fourth-order valence-electron chi connectivity index (χ4n) is 1.82. The zero-order chi connectivity index (χ0) is 21.3. The van der Waals surface area contributed by atoms with Gasteiger partial charge in [-0.2, -0.15) is 0 Å². The number of nitrogens with zero attached hydrogens (tertiary/aromatic N) is 2. The summed E-state index contributed by atoms with van der Waals surface area (Å²) in [6.45, 7) is 5.47. The number of aromatic nitrogens is 2. The Balaban J connectivity index is 0.000000330. The molecule has 0 atom stereocenters. The van der Waals surface area contributed by atoms with Gasteiger partial charge in [-0.1, -0.05) is 24.9 Å². The molecule has 0 unspecified atom stereocenters. The number of hydrogen-bond acceptors (Lipinski definition) is 6. The number of anilines is 2. The van der Waals surface area contributed by atoms with Crippen LogP contribution >= 0.6 is 11.6 Å². The van der Waals surface area contributed by atoms with Gasteiger partial charge in [-0.15, -0.1) is 0 Å². The minimum Gasteiger partial charge on any atom is -0.463 e. The Hall–Kier alpha value is -2.74. The van der Waals surface area contributed by atoms with Crippen molar-refractivity contribution in [3.63, 3.8) is 0 Å². The quantitative estimate of drug-likeness (QED) is 0.329. The van der Waals surface area contributed by atoms with Crippen molar-refractivity contribution in [2.24, 2.45) is 0 Å². The van der Waals surface area contributed by atoms with E-state index in [4.69, 9.17) is 27.8 Å². The minimum atomic E-state index is -0.463. The zero-order valence-electron chi connectivity index (χ0n) is 15.9. The van der Waals surface area contributed by atoms with Gasteiger partial charge in [-0.05, 0) is 26.3 Å². The number of hydrogen-bond donors (Lipinski definition) is 2. The third kappa shape index (κ3) is 7.48. The lowest BCUT2D eigenvalue weighted by Crippen LogP contribution is -2.03. The van der Waals surface area contributed by atoms with E-state index in [2.05, 4.69) is 9.97 Å². The molecule has 0 saturated heterocycles. The van der Waals surface area contributed by atoms with Crippen molar-refractivity contribution in [3.8, 4) is 0 Å². The van der Waals surface area contributed by atoms with Crippen LogP contribution in [0.1, 0.15) is 36.8 Å². The Morgan fingerprint density at radius 3 is 2.29 bits per heavy atom. The van der Waals surface area contributed by atoms with Crippen LogP contribution in [0.5, 0.6) is 0 Å². The highest BCUT2D eigenvalue weighted by Gasteiger charge is 2.05. The molecule has 0 spiro atoms. The normalized spacial score (nSPS) is 10.5. The molecule has 0 aliphatic heterocycles. The molecule has 152 valence electrons. The SMILES string of the molecule is CCCCOC(=O)/C=C/c1nc(C)c(F)cc1N.Cc1nc(Cl)c(N)cc1F. The number of pyridine rings is 2. The van der Waals surface area contributed by atoms with Crippen molar-refractivity contribution in [2.75, 3.05) is 18.1 Å². The first kappa shape index (κ1) is 23.3. The second kappa shape index (κ2) is 11.2. The Labute approximate surface area is 167 Å². The highest BCUT2D eigenvalue weighted by Crippen LogP contribution is 2.17. The lowest BCUT2D eigenvalue weighted by atomic mass is 10.2. The van der Waals surface area contributed by atoms with Crippen molar-refractivity contribution in [1.29, 1.82) is 0 Å². The maximum atomic E-state index is 13.1. The van der Waals surface area contributed by atoms with Gasteiger partial charge in [0.15, 0.2) is 5.15 Å². The molecule has 0 aliphatic carbocycles. The van der Waals surface area contributed by atoms with Crippen LogP contribution in [0.3, 0.4) is 0 Å². The number of aryl methyl sites for hydroxylation is 2. The third-order valence-corrected chi connectivity index (χ3v) is 3.77. The number of halogens is 3. The predicted molar refractivity (Wildman–Crippen MR) is 107 cm³/mol. The molecule has 0 saturated carbocycles. The Morgan fingerprint density at radius 2 is 1.71 bits per heavy atom. The number of rotatable bonds is 5. The lowest BCUT2D eigenvalue weighted by molar-refractivity contribution is -0.137. The first-order valence-electron chi connectivity index (χ1n) is 8.51. The van der Waals surface area contributed by atoms with Gasteiger partial charge in [0.25, 0.3) is 0 Å². The van der Waals surface area contributed by atoms with E-state index in [0.29, 0.717) is 12.3 Å². The van der Waals surface area contributed by atoms with E-state index >= 15 is 0 Å². The molecular weight excluding hydrogens is 390 g/mol. The second-order valence-corrected chi connectivity index (χ2v) is 6.18. The maximum absolute atomic E-state index is 13.1. The van der Waals surface area contributed by atoms with Crippen molar-refractivity contribution >= 4 is 35.0 Å². The first-order valence-corrected chi connectivity index (χ1v) is 8.89. The number of unbranched alkanes of at least 4 members (excludes halogenated alkanes) is 1. The summed E-state index contributed by atoms with van der Waals surface area (Å²) in [6, 6.07) is 2.34. The number of nitrogen functional groups attached to an aromatic ring is 2. The van der Waals surface area contributed by atoms with Gasteiger partial charge >= 0.3 is 5.97 Å². The Bertz CT molecular complexity index is 810. The van der Waals surface area contributed by atoms with Gasteiger partial charge < -0.3 is 16.2 Å². The largest absolute Gasteiger partial charge is 0.463 e. The minimum absolute atomic E-state index is 0.152. The van der Waals surface area contributed by atoms with Crippen LogP contribution in [0.2, 0.25) is 5.15 Å². The number of carbonyl (C=O) groups is 1. The van der Waals surface area contributed by atoms with E-state index in [0.717, 1.165) is 18.9 Å². The average Bonchev–Trinajstić information content (AvgIpc) is 2.63. The summed E-state index contributed by atoms with van der Waals surface area (Å²) in [6.07, 6.45) is 4.46. The predicted octanol–water partition coefficient (Wildman–Crippen LogP) is 4.23.